The highest BCUT2D eigenvalue weighted by Crippen LogP contribution is 2.18. The van der Waals surface area contributed by atoms with Gasteiger partial charge in [0.05, 0.1) is 5.92 Å². The third-order valence-corrected chi connectivity index (χ3v) is 3.52. The van der Waals surface area contributed by atoms with Crippen LogP contribution in [0.15, 0.2) is 30.3 Å². The second-order valence-corrected chi connectivity index (χ2v) is 5.19. The Hall–Kier alpha value is -2.57. The summed E-state index contributed by atoms with van der Waals surface area (Å²) >= 11 is 0. The van der Waals surface area contributed by atoms with Crippen LogP contribution in [0.1, 0.15) is 12.8 Å². The third-order valence-electron chi connectivity index (χ3n) is 3.52. The summed E-state index contributed by atoms with van der Waals surface area (Å²) in [6.07, 6.45) is 1.37. The number of anilines is 1. The van der Waals surface area contributed by atoms with Crippen molar-refractivity contribution in [2.75, 3.05) is 25.0 Å². The van der Waals surface area contributed by atoms with Crippen LogP contribution in [0.3, 0.4) is 0 Å². The van der Waals surface area contributed by atoms with Gasteiger partial charge < -0.3 is 20.6 Å². The molecule has 0 radical (unpaired) electrons. The minimum absolute atomic E-state index is 0.248. The molecule has 1 atom stereocenters. The number of nitrogens with one attached hydrogen (secondary N) is 2. The number of para-hydroxylation sites is 1. The molecule has 1 aliphatic rings. The van der Waals surface area contributed by atoms with Gasteiger partial charge in [-0.15, -0.1) is 0 Å². The van der Waals surface area contributed by atoms with Gasteiger partial charge in [-0.3, -0.25) is 9.59 Å². The van der Waals surface area contributed by atoms with E-state index >= 15 is 0 Å². The molecule has 1 aromatic carbocycles. The number of aliphatic carboxylic acids is 1. The maximum Gasteiger partial charge on any atom is 0.322 e. The zero-order valence-electron chi connectivity index (χ0n) is 12.1. The number of piperidine rings is 1. The molecule has 1 unspecified atom stereocenters. The lowest BCUT2D eigenvalue weighted by molar-refractivity contribution is -0.138. The van der Waals surface area contributed by atoms with Gasteiger partial charge in [-0.25, -0.2) is 4.79 Å². The van der Waals surface area contributed by atoms with Crippen LogP contribution >= 0.6 is 0 Å². The van der Waals surface area contributed by atoms with Crippen molar-refractivity contribution < 1.29 is 19.5 Å². The average Bonchev–Trinajstić information content (AvgIpc) is 2.53. The molecule has 0 aromatic heterocycles. The van der Waals surface area contributed by atoms with Gasteiger partial charge in [0, 0.05) is 18.8 Å². The number of likely N-dealkylation sites (tertiary alicyclic amines) is 1. The maximum atomic E-state index is 12.2. The van der Waals surface area contributed by atoms with E-state index in [-0.39, 0.29) is 17.9 Å². The number of carbonyl (C=O) groups is 3. The summed E-state index contributed by atoms with van der Waals surface area (Å²) in [6, 6.07) is 8.85. The molecule has 22 heavy (non-hydrogen) atoms. The second-order valence-electron chi connectivity index (χ2n) is 5.19. The van der Waals surface area contributed by atoms with Gasteiger partial charge >= 0.3 is 12.0 Å². The number of nitrogens with zero attached hydrogens (tertiary/aromatic N) is 1. The molecular weight excluding hydrogens is 286 g/mol. The molecule has 0 spiro atoms. The number of hydrogen-bond acceptors (Lipinski definition) is 3. The largest absolute Gasteiger partial charge is 0.480 e. The summed E-state index contributed by atoms with van der Waals surface area (Å²) in [5.74, 6) is -1.77. The van der Waals surface area contributed by atoms with Gasteiger partial charge in [0.2, 0.25) is 5.91 Å². The van der Waals surface area contributed by atoms with Crippen LogP contribution in [0.4, 0.5) is 10.5 Å². The zero-order chi connectivity index (χ0) is 15.9. The maximum absolute atomic E-state index is 12.2. The van der Waals surface area contributed by atoms with E-state index in [0.717, 1.165) is 0 Å². The lowest BCUT2D eigenvalue weighted by Crippen LogP contribution is -2.47. The lowest BCUT2D eigenvalue weighted by Gasteiger charge is -2.32. The lowest BCUT2D eigenvalue weighted by atomic mass is 9.97. The fraction of sp³-hybridized carbons (Fsp3) is 0.400. The SMILES string of the molecule is O=C(O)CNC(=O)C1CCCN(C(=O)Nc2ccccc2)C1. The fourth-order valence-corrected chi connectivity index (χ4v) is 2.41. The second kappa shape index (κ2) is 7.44. The molecule has 1 aliphatic heterocycles. The molecule has 3 N–H and O–H groups in total. The highest BCUT2D eigenvalue weighted by Gasteiger charge is 2.28. The van der Waals surface area contributed by atoms with Crippen LogP contribution in [0.5, 0.6) is 0 Å². The molecule has 0 saturated carbocycles. The number of carboxylic acids is 1. The Bertz CT molecular complexity index is 547. The minimum atomic E-state index is -1.08. The predicted molar refractivity (Wildman–Crippen MR) is 80.4 cm³/mol. The van der Waals surface area contributed by atoms with Gasteiger partial charge in [0.1, 0.15) is 6.54 Å². The van der Waals surface area contributed by atoms with Gasteiger partial charge in [-0.1, -0.05) is 18.2 Å². The molecule has 7 nitrogen and oxygen atoms in total. The molecule has 3 amide bonds. The van der Waals surface area contributed by atoms with E-state index in [1.54, 1.807) is 17.0 Å². The Morgan fingerprint density at radius 3 is 2.64 bits per heavy atom. The van der Waals surface area contributed by atoms with E-state index in [1.165, 1.54) is 0 Å². The highest BCUT2D eigenvalue weighted by atomic mass is 16.4. The molecule has 0 bridgehead atoms. The highest BCUT2D eigenvalue weighted by molar-refractivity contribution is 5.90. The zero-order valence-corrected chi connectivity index (χ0v) is 12.1. The van der Waals surface area contributed by atoms with Crippen LogP contribution in [0, 0.1) is 5.92 Å². The smallest absolute Gasteiger partial charge is 0.322 e. The van der Waals surface area contributed by atoms with Gasteiger partial charge in [0.15, 0.2) is 0 Å². The molecule has 1 aromatic rings. The number of benzene rings is 1. The van der Waals surface area contributed by atoms with Crippen molar-refractivity contribution in [1.82, 2.24) is 10.2 Å². The van der Waals surface area contributed by atoms with Crippen LogP contribution in [-0.2, 0) is 9.59 Å². The van der Waals surface area contributed by atoms with Gasteiger partial charge in [0.25, 0.3) is 0 Å². The van der Waals surface area contributed by atoms with Crippen molar-refractivity contribution in [3.8, 4) is 0 Å². The van der Waals surface area contributed by atoms with E-state index in [4.69, 9.17) is 5.11 Å². The summed E-state index contributed by atoms with van der Waals surface area (Å²) in [5.41, 5.74) is 0.699. The number of rotatable bonds is 4. The van der Waals surface area contributed by atoms with Crippen LogP contribution in [0.2, 0.25) is 0 Å². The summed E-state index contributed by atoms with van der Waals surface area (Å²) < 4.78 is 0. The van der Waals surface area contributed by atoms with Crippen LogP contribution in [0.25, 0.3) is 0 Å². The monoisotopic (exact) mass is 305 g/mol. The first-order valence-electron chi connectivity index (χ1n) is 7.17. The first-order chi connectivity index (χ1) is 10.6. The van der Waals surface area contributed by atoms with Gasteiger partial charge in [-0.2, -0.15) is 0 Å². The molecular formula is C15H19N3O4. The van der Waals surface area contributed by atoms with Crippen molar-refractivity contribution >= 4 is 23.6 Å². The molecule has 2 rings (SSSR count). The summed E-state index contributed by atoms with van der Waals surface area (Å²) in [5, 5.41) is 13.7. The van der Waals surface area contributed by atoms with E-state index in [9.17, 15) is 14.4 Å². The number of urea groups is 1. The predicted octanol–water partition coefficient (Wildman–Crippen LogP) is 1.13. The topological polar surface area (TPSA) is 98.7 Å². The Balaban J connectivity index is 1.88. The van der Waals surface area contributed by atoms with E-state index in [1.807, 2.05) is 18.2 Å². The molecule has 7 heteroatoms. The van der Waals surface area contributed by atoms with Crippen LogP contribution in [-0.4, -0.2) is 47.5 Å². The summed E-state index contributed by atoms with van der Waals surface area (Å²) in [7, 11) is 0. The van der Waals surface area contributed by atoms with E-state index in [0.29, 0.717) is 31.6 Å². The molecule has 1 heterocycles. The Morgan fingerprint density at radius 1 is 1.23 bits per heavy atom. The van der Waals surface area contributed by atoms with E-state index < -0.39 is 12.5 Å². The Kier molecular flexibility index (Phi) is 5.35. The Labute approximate surface area is 128 Å². The standard InChI is InChI=1S/C15H19N3O4/c19-13(20)9-16-14(21)11-5-4-8-18(10-11)15(22)17-12-6-2-1-3-7-12/h1-3,6-7,11H,4-5,8-10H2,(H,16,21)(H,17,22)(H,19,20). The first kappa shape index (κ1) is 15.8. The molecule has 1 fully saturated rings. The van der Waals surface area contributed by atoms with Crippen molar-refractivity contribution in [3.05, 3.63) is 30.3 Å². The fourth-order valence-electron chi connectivity index (χ4n) is 2.41. The summed E-state index contributed by atoms with van der Waals surface area (Å²) in [4.78, 5) is 36.1. The number of carbonyl (C=O) groups excluding carboxylic acids is 2. The van der Waals surface area contributed by atoms with Crippen molar-refractivity contribution in [3.63, 3.8) is 0 Å². The van der Waals surface area contributed by atoms with Crippen molar-refractivity contribution in [2.24, 2.45) is 5.92 Å². The van der Waals surface area contributed by atoms with Crippen molar-refractivity contribution in [1.29, 1.82) is 0 Å². The van der Waals surface area contributed by atoms with E-state index in [2.05, 4.69) is 10.6 Å². The summed E-state index contributed by atoms with van der Waals surface area (Å²) in [6.45, 7) is 0.483. The van der Waals surface area contributed by atoms with Crippen LogP contribution < -0.4 is 10.6 Å². The quantitative estimate of drug-likeness (QED) is 0.776. The average molecular weight is 305 g/mol. The minimum Gasteiger partial charge on any atom is -0.480 e. The Morgan fingerprint density at radius 2 is 1.95 bits per heavy atom. The van der Waals surface area contributed by atoms with Gasteiger partial charge in [-0.05, 0) is 25.0 Å². The third kappa shape index (κ3) is 4.47. The van der Waals surface area contributed by atoms with Crippen molar-refractivity contribution in [2.45, 2.75) is 12.8 Å². The first-order valence-corrected chi connectivity index (χ1v) is 7.17. The number of hydrogen-bond donors (Lipinski definition) is 3. The number of carboxylic acid groups (broad SMARTS) is 1. The molecule has 0 aliphatic carbocycles. The number of amides is 3. The molecule has 1 saturated heterocycles. The molecule has 118 valence electrons. The normalized spacial score (nSPS) is 17.6.